The van der Waals surface area contributed by atoms with Crippen LogP contribution in [0.2, 0.25) is 5.02 Å². The Kier molecular flexibility index (Phi) is 5.60. The zero-order valence-electron chi connectivity index (χ0n) is 16.0. The minimum Gasteiger partial charge on any atom is -0.365 e. The maximum absolute atomic E-state index is 6.36. The molecule has 3 aromatic rings. The van der Waals surface area contributed by atoms with Crippen molar-refractivity contribution < 1.29 is 0 Å². The molecule has 0 bridgehead atoms. The summed E-state index contributed by atoms with van der Waals surface area (Å²) in [5, 5.41) is 5.39. The summed E-state index contributed by atoms with van der Waals surface area (Å²) < 4.78 is 0. The Balaban J connectivity index is 1.69. The van der Waals surface area contributed by atoms with Crippen LogP contribution in [0.5, 0.6) is 0 Å². The van der Waals surface area contributed by atoms with Crippen molar-refractivity contribution >= 4 is 40.5 Å². The number of hydrogen-bond donors (Lipinski definition) is 2. The zero-order chi connectivity index (χ0) is 19.5. The number of aryl methyl sites for hydroxylation is 1. The third kappa shape index (κ3) is 4.34. The van der Waals surface area contributed by atoms with E-state index in [0.29, 0.717) is 5.82 Å². The number of anilines is 1. The molecule has 0 aliphatic heterocycles. The van der Waals surface area contributed by atoms with Crippen LogP contribution >= 0.6 is 11.6 Å². The van der Waals surface area contributed by atoms with Crippen LogP contribution in [0.15, 0.2) is 42.5 Å². The quantitative estimate of drug-likeness (QED) is 0.620. The van der Waals surface area contributed by atoms with Crippen LogP contribution in [0.1, 0.15) is 42.6 Å². The van der Waals surface area contributed by atoms with Gasteiger partial charge in [-0.05, 0) is 55.7 Å². The van der Waals surface area contributed by atoms with Gasteiger partial charge in [-0.2, -0.15) is 0 Å². The molecule has 3 N–H and O–H groups in total. The molecule has 4 nitrogen and oxygen atoms in total. The molecule has 0 saturated heterocycles. The fourth-order valence-electron chi connectivity index (χ4n) is 3.70. The van der Waals surface area contributed by atoms with Gasteiger partial charge in [-0.15, -0.1) is 0 Å². The molecule has 4 rings (SSSR count). The minimum absolute atomic E-state index is 0.164. The topological polar surface area (TPSA) is 63.8 Å². The van der Waals surface area contributed by atoms with Gasteiger partial charge in [0.05, 0.1) is 5.52 Å². The molecule has 1 fully saturated rings. The number of nitrogens with one attached hydrogen (secondary N) is 1. The molecule has 1 aromatic heterocycles. The molecule has 2 atom stereocenters. The van der Waals surface area contributed by atoms with Crippen molar-refractivity contribution in [1.29, 1.82) is 0 Å². The number of fused-ring (bicyclic) bond motifs is 1. The third-order valence-electron chi connectivity index (χ3n) is 5.30. The van der Waals surface area contributed by atoms with Crippen molar-refractivity contribution in [2.45, 2.75) is 44.7 Å². The Labute approximate surface area is 170 Å². The van der Waals surface area contributed by atoms with Crippen molar-refractivity contribution in [3.8, 4) is 0 Å². The van der Waals surface area contributed by atoms with Crippen LogP contribution in [0.4, 0.5) is 5.82 Å². The van der Waals surface area contributed by atoms with E-state index in [4.69, 9.17) is 27.3 Å². The maximum atomic E-state index is 6.36. The van der Waals surface area contributed by atoms with Gasteiger partial charge in [0.25, 0.3) is 0 Å². The fraction of sp³-hybridized carbons (Fsp3) is 0.304. The van der Waals surface area contributed by atoms with Gasteiger partial charge < -0.3 is 11.1 Å². The van der Waals surface area contributed by atoms with Crippen LogP contribution in [0.3, 0.4) is 0 Å². The summed E-state index contributed by atoms with van der Waals surface area (Å²) in [5.74, 6) is 1.55. The van der Waals surface area contributed by atoms with Crippen molar-refractivity contribution in [2.24, 2.45) is 5.73 Å². The van der Waals surface area contributed by atoms with Crippen LogP contribution in [-0.4, -0.2) is 22.1 Å². The lowest BCUT2D eigenvalue weighted by Crippen LogP contribution is -2.42. The van der Waals surface area contributed by atoms with Crippen LogP contribution in [0, 0.1) is 6.92 Å². The van der Waals surface area contributed by atoms with Gasteiger partial charge in [0.2, 0.25) is 0 Å². The molecule has 0 amide bonds. The average molecular weight is 393 g/mol. The molecular formula is C23H25ClN4. The standard InChI is InChI=1S/C23H25ClN4/c1-15-6-12-20-18(14-15)23(27-21-5-3-2-4-19(21)25)28-22(26-20)13-9-16-7-10-17(24)11-8-16/h6-14,19,21H,2-5,25H2,1H3,(H,26,27,28)/b13-9+. The first-order valence-corrected chi connectivity index (χ1v) is 10.2. The first-order chi connectivity index (χ1) is 13.6. The molecule has 1 heterocycles. The van der Waals surface area contributed by atoms with Gasteiger partial charge in [0.15, 0.2) is 5.82 Å². The summed E-state index contributed by atoms with van der Waals surface area (Å²) in [6.07, 6.45) is 8.49. The lowest BCUT2D eigenvalue weighted by Gasteiger charge is -2.30. The number of aromatic nitrogens is 2. The Bertz CT molecular complexity index is 997. The molecule has 5 heteroatoms. The summed E-state index contributed by atoms with van der Waals surface area (Å²) >= 11 is 5.96. The van der Waals surface area contributed by atoms with Crippen molar-refractivity contribution in [2.75, 3.05) is 5.32 Å². The van der Waals surface area contributed by atoms with Crippen LogP contribution < -0.4 is 11.1 Å². The van der Waals surface area contributed by atoms with Gasteiger partial charge in [0, 0.05) is 22.5 Å². The number of halogens is 1. The van der Waals surface area contributed by atoms with E-state index in [1.165, 1.54) is 18.4 Å². The molecule has 0 spiro atoms. The molecule has 2 unspecified atom stereocenters. The molecule has 2 aromatic carbocycles. The zero-order valence-corrected chi connectivity index (χ0v) is 16.8. The van der Waals surface area contributed by atoms with E-state index in [2.05, 4.69) is 30.4 Å². The van der Waals surface area contributed by atoms with Gasteiger partial charge in [-0.3, -0.25) is 0 Å². The summed E-state index contributed by atoms with van der Waals surface area (Å²) in [4.78, 5) is 9.54. The monoisotopic (exact) mass is 392 g/mol. The Morgan fingerprint density at radius 3 is 2.61 bits per heavy atom. The van der Waals surface area contributed by atoms with Gasteiger partial charge in [-0.25, -0.2) is 9.97 Å². The van der Waals surface area contributed by atoms with Crippen molar-refractivity contribution in [1.82, 2.24) is 9.97 Å². The number of nitrogens with zero attached hydrogens (tertiary/aromatic N) is 2. The van der Waals surface area contributed by atoms with E-state index in [0.717, 1.165) is 40.1 Å². The number of rotatable bonds is 4. The van der Waals surface area contributed by atoms with E-state index >= 15 is 0 Å². The lowest BCUT2D eigenvalue weighted by molar-refractivity contribution is 0.403. The summed E-state index contributed by atoms with van der Waals surface area (Å²) in [6, 6.07) is 14.4. The second kappa shape index (κ2) is 8.29. The molecule has 0 radical (unpaired) electrons. The predicted octanol–water partition coefficient (Wildman–Crippen LogP) is 5.44. The van der Waals surface area contributed by atoms with E-state index in [-0.39, 0.29) is 12.1 Å². The number of benzene rings is 2. The first-order valence-electron chi connectivity index (χ1n) is 9.83. The molecule has 1 aliphatic carbocycles. The highest BCUT2D eigenvalue weighted by Crippen LogP contribution is 2.26. The second-order valence-electron chi connectivity index (χ2n) is 7.54. The minimum atomic E-state index is 0.164. The van der Waals surface area contributed by atoms with Gasteiger partial charge in [0.1, 0.15) is 5.82 Å². The maximum Gasteiger partial charge on any atom is 0.154 e. The third-order valence-corrected chi connectivity index (χ3v) is 5.56. The Hall–Kier alpha value is -2.43. The SMILES string of the molecule is Cc1ccc2nc(/C=C/c3ccc(Cl)cc3)nc(NC3CCCCC3N)c2c1. The van der Waals surface area contributed by atoms with Crippen molar-refractivity contribution in [3.05, 3.63) is 64.4 Å². The Morgan fingerprint density at radius 1 is 1.04 bits per heavy atom. The molecule has 1 saturated carbocycles. The number of hydrogen-bond acceptors (Lipinski definition) is 4. The highest BCUT2D eigenvalue weighted by molar-refractivity contribution is 6.30. The fourth-order valence-corrected chi connectivity index (χ4v) is 3.83. The van der Waals surface area contributed by atoms with Crippen LogP contribution in [-0.2, 0) is 0 Å². The van der Waals surface area contributed by atoms with Crippen LogP contribution in [0.25, 0.3) is 23.1 Å². The molecule has 28 heavy (non-hydrogen) atoms. The van der Waals surface area contributed by atoms with E-state index in [9.17, 15) is 0 Å². The van der Waals surface area contributed by atoms with Gasteiger partial charge >= 0.3 is 0 Å². The van der Waals surface area contributed by atoms with E-state index in [1.807, 2.05) is 36.4 Å². The second-order valence-corrected chi connectivity index (χ2v) is 7.97. The normalized spacial score (nSPS) is 20.0. The summed E-state index contributed by atoms with van der Waals surface area (Å²) in [7, 11) is 0. The summed E-state index contributed by atoms with van der Waals surface area (Å²) in [6.45, 7) is 2.09. The largest absolute Gasteiger partial charge is 0.365 e. The first kappa shape index (κ1) is 18.9. The lowest BCUT2D eigenvalue weighted by atomic mass is 9.91. The predicted molar refractivity (Wildman–Crippen MR) is 119 cm³/mol. The van der Waals surface area contributed by atoms with E-state index < -0.39 is 0 Å². The average Bonchev–Trinajstić information content (AvgIpc) is 2.70. The highest BCUT2D eigenvalue weighted by atomic mass is 35.5. The number of nitrogens with two attached hydrogens (primary N) is 1. The molecule has 1 aliphatic rings. The Morgan fingerprint density at radius 2 is 1.82 bits per heavy atom. The molecular weight excluding hydrogens is 368 g/mol. The summed E-state index contributed by atoms with van der Waals surface area (Å²) in [5.41, 5.74) is 9.54. The van der Waals surface area contributed by atoms with E-state index in [1.54, 1.807) is 0 Å². The van der Waals surface area contributed by atoms with Gasteiger partial charge in [-0.1, -0.05) is 54.3 Å². The molecule has 144 valence electrons. The smallest absolute Gasteiger partial charge is 0.154 e. The highest BCUT2D eigenvalue weighted by Gasteiger charge is 2.22. The van der Waals surface area contributed by atoms with Crippen molar-refractivity contribution in [3.63, 3.8) is 0 Å².